The number of hydrogen-bond acceptors (Lipinski definition) is 2. The van der Waals surface area contributed by atoms with Crippen LogP contribution in [0.3, 0.4) is 0 Å². The lowest BCUT2D eigenvalue weighted by Crippen LogP contribution is -2.33. The predicted molar refractivity (Wildman–Crippen MR) is 67.6 cm³/mol. The first-order valence-electron chi connectivity index (χ1n) is 5.96. The number of aliphatic carboxylic acids is 1. The Kier molecular flexibility index (Phi) is 4.04. The average Bonchev–Trinajstić information content (AvgIpc) is 2.81. The number of hydrogen-bond donors (Lipinski definition) is 2. The fourth-order valence-electron chi connectivity index (χ4n) is 2.24. The number of carboxylic acid groups (broad SMARTS) is 1. The molecule has 0 aliphatic heterocycles. The minimum absolute atomic E-state index is 0.109. The van der Waals surface area contributed by atoms with Gasteiger partial charge in [-0.05, 0) is 37.5 Å². The second kappa shape index (κ2) is 5.57. The first kappa shape index (κ1) is 13.8. The molecular formula is C13H13ClFNO3. The van der Waals surface area contributed by atoms with E-state index in [1.165, 1.54) is 12.1 Å². The zero-order valence-electron chi connectivity index (χ0n) is 10.0. The highest BCUT2D eigenvalue weighted by atomic mass is 35.5. The Morgan fingerprint density at radius 1 is 1.37 bits per heavy atom. The number of halogens is 2. The molecule has 2 N–H and O–H groups in total. The molecule has 19 heavy (non-hydrogen) atoms. The average molecular weight is 286 g/mol. The second-order valence-electron chi connectivity index (χ2n) is 4.65. The third kappa shape index (κ3) is 3.23. The third-order valence-electron chi connectivity index (χ3n) is 3.30. The molecule has 0 unspecified atom stereocenters. The summed E-state index contributed by atoms with van der Waals surface area (Å²) in [6, 6.07) is 3.58. The first-order valence-corrected chi connectivity index (χ1v) is 6.34. The second-order valence-corrected chi connectivity index (χ2v) is 5.05. The zero-order valence-corrected chi connectivity index (χ0v) is 10.8. The van der Waals surface area contributed by atoms with Gasteiger partial charge in [0.2, 0.25) is 0 Å². The van der Waals surface area contributed by atoms with E-state index in [4.69, 9.17) is 16.7 Å². The Balaban J connectivity index is 1.98. The minimum atomic E-state index is -0.832. The number of nitrogens with one attached hydrogen (secondary N) is 1. The Morgan fingerprint density at radius 2 is 2.11 bits per heavy atom. The molecule has 0 spiro atoms. The van der Waals surface area contributed by atoms with Crippen LogP contribution in [0.25, 0.3) is 0 Å². The van der Waals surface area contributed by atoms with E-state index in [1.807, 2.05) is 0 Å². The van der Waals surface area contributed by atoms with Gasteiger partial charge >= 0.3 is 5.97 Å². The lowest BCUT2D eigenvalue weighted by Gasteiger charge is -2.12. The highest BCUT2D eigenvalue weighted by Gasteiger charge is 2.30. The van der Waals surface area contributed by atoms with Crippen molar-refractivity contribution in [3.05, 3.63) is 34.6 Å². The van der Waals surface area contributed by atoms with Crippen molar-refractivity contribution in [2.75, 3.05) is 0 Å². The molecule has 0 saturated heterocycles. The topological polar surface area (TPSA) is 66.4 Å². The van der Waals surface area contributed by atoms with Crippen LogP contribution in [0.4, 0.5) is 4.39 Å². The molecule has 2 atom stereocenters. The molecule has 0 heterocycles. The summed E-state index contributed by atoms with van der Waals surface area (Å²) in [4.78, 5) is 22.7. The molecule has 102 valence electrons. The summed E-state index contributed by atoms with van der Waals surface area (Å²) in [5.74, 6) is -2.17. The van der Waals surface area contributed by atoms with Crippen LogP contribution in [0.2, 0.25) is 5.02 Å². The minimum Gasteiger partial charge on any atom is -0.481 e. The van der Waals surface area contributed by atoms with Crippen molar-refractivity contribution in [2.24, 2.45) is 5.92 Å². The Labute approximate surface area is 114 Å². The summed E-state index contributed by atoms with van der Waals surface area (Å²) in [6.07, 6.45) is 1.62. The summed E-state index contributed by atoms with van der Waals surface area (Å²) in [7, 11) is 0. The van der Waals surface area contributed by atoms with Gasteiger partial charge in [-0.3, -0.25) is 9.59 Å². The number of benzene rings is 1. The molecule has 1 aromatic rings. The van der Waals surface area contributed by atoms with Gasteiger partial charge in [-0.15, -0.1) is 0 Å². The van der Waals surface area contributed by atoms with E-state index in [9.17, 15) is 14.0 Å². The third-order valence-corrected chi connectivity index (χ3v) is 3.59. The molecule has 1 fully saturated rings. The summed E-state index contributed by atoms with van der Waals surface area (Å²) >= 11 is 5.61. The molecular weight excluding hydrogens is 273 g/mol. The van der Waals surface area contributed by atoms with Crippen LogP contribution in [0.5, 0.6) is 0 Å². The Morgan fingerprint density at radius 3 is 2.68 bits per heavy atom. The number of amides is 1. The number of carbonyl (C=O) groups is 2. The van der Waals surface area contributed by atoms with E-state index in [1.54, 1.807) is 0 Å². The molecule has 6 heteroatoms. The van der Waals surface area contributed by atoms with Gasteiger partial charge in [0.25, 0.3) is 5.91 Å². The van der Waals surface area contributed by atoms with Crippen LogP contribution in [0, 0.1) is 11.7 Å². The van der Waals surface area contributed by atoms with E-state index < -0.39 is 17.7 Å². The molecule has 0 bridgehead atoms. The SMILES string of the molecule is O=C(N[C@H]1CC[C@@H](C(=O)O)C1)c1ccc(F)c(Cl)c1. The quantitative estimate of drug-likeness (QED) is 0.896. The van der Waals surface area contributed by atoms with Crippen molar-refractivity contribution in [3.8, 4) is 0 Å². The molecule has 2 rings (SSSR count). The van der Waals surface area contributed by atoms with Crippen molar-refractivity contribution in [1.82, 2.24) is 5.32 Å². The number of rotatable bonds is 3. The fourth-order valence-corrected chi connectivity index (χ4v) is 2.42. The van der Waals surface area contributed by atoms with Crippen molar-refractivity contribution < 1.29 is 19.1 Å². The Bertz CT molecular complexity index is 521. The maximum absolute atomic E-state index is 13.0. The highest BCUT2D eigenvalue weighted by molar-refractivity contribution is 6.31. The highest BCUT2D eigenvalue weighted by Crippen LogP contribution is 2.26. The van der Waals surface area contributed by atoms with Gasteiger partial charge in [0.05, 0.1) is 10.9 Å². The van der Waals surface area contributed by atoms with E-state index in [2.05, 4.69) is 5.32 Å². The van der Waals surface area contributed by atoms with Gasteiger partial charge in [0, 0.05) is 11.6 Å². The van der Waals surface area contributed by atoms with Gasteiger partial charge in [0.1, 0.15) is 5.82 Å². The van der Waals surface area contributed by atoms with Gasteiger partial charge in [-0.25, -0.2) is 4.39 Å². The smallest absolute Gasteiger partial charge is 0.306 e. The molecule has 4 nitrogen and oxygen atoms in total. The van der Waals surface area contributed by atoms with E-state index in [-0.39, 0.29) is 22.5 Å². The standard InChI is InChI=1S/C13H13ClFNO3/c14-10-6-7(2-4-11(10)15)12(17)16-9-3-1-8(5-9)13(18)19/h2,4,6,8-9H,1,3,5H2,(H,16,17)(H,18,19)/t8-,9+/m1/s1. The van der Waals surface area contributed by atoms with Gasteiger partial charge < -0.3 is 10.4 Å². The monoisotopic (exact) mass is 285 g/mol. The van der Waals surface area contributed by atoms with Crippen LogP contribution >= 0.6 is 11.6 Å². The lowest BCUT2D eigenvalue weighted by molar-refractivity contribution is -0.141. The normalized spacial score (nSPS) is 22.2. The largest absolute Gasteiger partial charge is 0.481 e. The molecule has 0 aromatic heterocycles. The molecule has 1 aliphatic carbocycles. The van der Waals surface area contributed by atoms with Crippen molar-refractivity contribution in [3.63, 3.8) is 0 Å². The van der Waals surface area contributed by atoms with E-state index in [0.717, 1.165) is 6.07 Å². The maximum atomic E-state index is 13.0. The maximum Gasteiger partial charge on any atom is 0.306 e. The van der Waals surface area contributed by atoms with Crippen molar-refractivity contribution >= 4 is 23.5 Å². The fraction of sp³-hybridized carbons (Fsp3) is 0.385. The predicted octanol–water partition coefficient (Wildman–Crippen LogP) is 2.46. The Hall–Kier alpha value is -1.62. The van der Waals surface area contributed by atoms with Crippen LogP contribution in [-0.4, -0.2) is 23.0 Å². The summed E-state index contributed by atoms with van der Waals surface area (Å²) < 4.78 is 13.0. The molecule has 1 aliphatic rings. The van der Waals surface area contributed by atoms with Crippen molar-refractivity contribution in [1.29, 1.82) is 0 Å². The molecule has 1 aromatic carbocycles. The summed E-state index contributed by atoms with van der Waals surface area (Å²) in [5.41, 5.74) is 0.269. The van der Waals surface area contributed by atoms with Crippen LogP contribution < -0.4 is 5.32 Å². The summed E-state index contributed by atoms with van der Waals surface area (Å²) in [6.45, 7) is 0. The molecule has 0 radical (unpaired) electrons. The summed E-state index contributed by atoms with van der Waals surface area (Å²) in [5, 5.41) is 11.5. The van der Waals surface area contributed by atoms with Crippen LogP contribution in [-0.2, 0) is 4.79 Å². The first-order chi connectivity index (χ1) is 8.97. The molecule has 1 saturated carbocycles. The zero-order chi connectivity index (χ0) is 14.0. The lowest BCUT2D eigenvalue weighted by atomic mass is 10.1. The van der Waals surface area contributed by atoms with Gasteiger partial charge in [0.15, 0.2) is 0 Å². The van der Waals surface area contributed by atoms with E-state index in [0.29, 0.717) is 19.3 Å². The number of carboxylic acids is 1. The van der Waals surface area contributed by atoms with E-state index >= 15 is 0 Å². The van der Waals surface area contributed by atoms with Crippen LogP contribution in [0.1, 0.15) is 29.6 Å². The number of carbonyl (C=O) groups excluding carboxylic acids is 1. The van der Waals surface area contributed by atoms with Crippen LogP contribution in [0.15, 0.2) is 18.2 Å². The van der Waals surface area contributed by atoms with Crippen molar-refractivity contribution in [2.45, 2.75) is 25.3 Å². The molecule has 1 amide bonds. The van der Waals surface area contributed by atoms with Gasteiger partial charge in [-0.2, -0.15) is 0 Å². The van der Waals surface area contributed by atoms with Gasteiger partial charge in [-0.1, -0.05) is 11.6 Å².